The molecular weight excluding hydrogens is 539 g/mol. The zero-order valence-electron chi connectivity index (χ0n) is 22.5. The van der Waals surface area contributed by atoms with Gasteiger partial charge in [0.1, 0.15) is 5.75 Å². The van der Waals surface area contributed by atoms with E-state index >= 15 is 0 Å². The molecule has 3 aromatic heterocycles. The lowest BCUT2D eigenvalue weighted by Gasteiger charge is -2.33. The van der Waals surface area contributed by atoms with Crippen molar-refractivity contribution >= 4 is 11.7 Å². The third-order valence-corrected chi connectivity index (χ3v) is 6.80. The third kappa shape index (κ3) is 6.36. The van der Waals surface area contributed by atoms with E-state index in [-0.39, 0.29) is 41.8 Å². The van der Waals surface area contributed by atoms with Crippen LogP contribution >= 0.6 is 0 Å². The Morgan fingerprint density at radius 2 is 1.90 bits per heavy atom. The Morgan fingerprint density at radius 1 is 1.18 bits per heavy atom. The smallest absolute Gasteiger partial charge is 0.414 e. The quantitative estimate of drug-likeness (QED) is 0.303. The summed E-state index contributed by atoms with van der Waals surface area (Å²) < 4.78 is 81.7. The van der Waals surface area contributed by atoms with E-state index in [0.29, 0.717) is 16.2 Å². The lowest BCUT2D eigenvalue weighted by atomic mass is 10.1. The van der Waals surface area contributed by atoms with Crippen LogP contribution in [0.1, 0.15) is 50.0 Å². The normalized spacial score (nSPS) is 15.2. The number of halogens is 5. The molecule has 1 N–H and O–H groups in total. The highest BCUT2D eigenvalue weighted by Gasteiger charge is 2.48. The molecule has 2 unspecified atom stereocenters. The van der Waals surface area contributed by atoms with Gasteiger partial charge in [0.25, 0.3) is 5.88 Å². The van der Waals surface area contributed by atoms with Crippen LogP contribution in [0.2, 0.25) is 0 Å². The first kappa shape index (κ1) is 29.3. The van der Waals surface area contributed by atoms with Gasteiger partial charge in [-0.15, -0.1) is 0 Å². The summed E-state index contributed by atoms with van der Waals surface area (Å²) in [7, 11) is 2.75. The number of rotatable bonds is 11. The van der Waals surface area contributed by atoms with E-state index in [9.17, 15) is 26.7 Å². The largest absolute Gasteiger partial charge is 0.494 e. The molecule has 3 heterocycles. The average Bonchev–Trinajstić information content (AvgIpc) is 3.67. The fraction of sp³-hybridized carbons (Fsp3) is 0.538. The lowest BCUT2D eigenvalue weighted by Crippen LogP contribution is -2.50. The number of nitrogens with one attached hydrogen (secondary N) is 1. The molecule has 14 heteroatoms. The Morgan fingerprint density at radius 3 is 2.48 bits per heavy atom. The maximum absolute atomic E-state index is 14.6. The molecule has 1 saturated carbocycles. The van der Waals surface area contributed by atoms with E-state index in [1.165, 1.54) is 27.2 Å². The minimum absolute atomic E-state index is 0.0169. The highest BCUT2D eigenvalue weighted by molar-refractivity contribution is 5.76. The van der Waals surface area contributed by atoms with E-state index in [4.69, 9.17) is 9.47 Å². The Kier molecular flexibility index (Phi) is 8.64. The van der Waals surface area contributed by atoms with Gasteiger partial charge in [0.2, 0.25) is 12.1 Å². The van der Waals surface area contributed by atoms with Crippen molar-refractivity contribution in [3.05, 3.63) is 36.0 Å². The van der Waals surface area contributed by atoms with E-state index in [0.717, 1.165) is 19.0 Å². The number of hydrogen-bond donors (Lipinski definition) is 1. The van der Waals surface area contributed by atoms with E-state index in [2.05, 4.69) is 20.3 Å². The van der Waals surface area contributed by atoms with Gasteiger partial charge in [0, 0.05) is 37.0 Å². The van der Waals surface area contributed by atoms with Crippen molar-refractivity contribution in [2.75, 3.05) is 20.8 Å². The molecular formula is C26H31F5N6O3. The fourth-order valence-electron chi connectivity index (χ4n) is 4.75. The molecule has 4 rings (SSSR count). The highest BCUT2D eigenvalue weighted by atomic mass is 19.4. The van der Waals surface area contributed by atoms with Crippen LogP contribution in [0.4, 0.5) is 26.7 Å². The Labute approximate surface area is 227 Å². The monoisotopic (exact) mass is 570 g/mol. The van der Waals surface area contributed by atoms with Crippen LogP contribution in [-0.2, 0) is 0 Å². The zero-order valence-corrected chi connectivity index (χ0v) is 22.5. The number of nitrogens with zero attached hydrogens (tertiary/aromatic N) is 5. The zero-order chi connectivity index (χ0) is 29.2. The molecule has 218 valence electrons. The summed E-state index contributed by atoms with van der Waals surface area (Å²) in [5.41, 5.74) is 1.07. The number of ether oxygens (including phenoxy) is 2. The van der Waals surface area contributed by atoms with Crippen LogP contribution < -0.4 is 14.8 Å². The summed E-state index contributed by atoms with van der Waals surface area (Å²) in [4.78, 5) is 26.6. The fourth-order valence-corrected chi connectivity index (χ4v) is 4.75. The van der Waals surface area contributed by atoms with Gasteiger partial charge in [-0.1, -0.05) is 0 Å². The first-order valence-electron chi connectivity index (χ1n) is 12.8. The number of carbonyl (C=O) groups is 1. The number of alkyl halides is 5. The molecule has 2 atom stereocenters. The van der Waals surface area contributed by atoms with Crippen molar-refractivity contribution < 1.29 is 36.2 Å². The first-order valence-corrected chi connectivity index (χ1v) is 12.8. The summed E-state index contributed by atoms with van der Waals surface area (Å²) in [6.07, 6.45) is -2.05. The number of aryl methyl sites for hydroxylation is 1. The average molecular weight is 571 g/mol. The molecule has 1 fully saturated rings. The van der Waals surface area contributed by atoms with Crippen LogP contribution in [0.15, 0.2) is 24.7 Å². The second-order valence-electron chi connectivity index (χ2n) is 9.65. The van der Waals surface area contributed by atoms with Crippen LogP contribution in [0.25, 0.3) is 16.9 Å². The first-order chi connectivity index (χ1) is 19.0. The number of amides is 2. The number of urea groups is 1. The Balaban J connectivity index is 1.73. The maximum Gasteiger partial charge on any atom is 0.414 e. The predicted molar refractivity (Wildman–Crippen MR) is 136 cm³/mol. The third-order valence-electron chi connectivity index (χ3n) is 6.80. The molecule has 0 aromatic carbocycles. The number of fused-ring (bicyclic) bond motifs is 1. The molecule has 2 amide bonds. The van der Waals surface area contributed by atoms with Gasteiger partial charge < -0.3 is 24.1 Å². The molecule has 0 radical (unpaired) electrons. The van der Waals surface area contributed by atoms with Crippen molar-refractivity contribution in [1.82, 2.24) is 29.6 Å². The van der Waals surface area contributed by atoms with Gasteiger partial charge in [-0.25, -0.2) is 23.5 Å². The molecule has 0 bridgehead atoms. The minimum Gasteiger partial charge on any atom is -0.494 e. The SMILES string of the molecule is CCN(C(=O)NC(CCC(F)F)C1CC1)C(c1cc(-c2cn3cc(C)nc3c(OC)n2)c(OC)cn1)C(F)(F)F. The number of hydrogen-bond acceptors (Lipinski definition) is 6. The number of imidazole rings is 1. The summed E-state index contributed by atoms with van der Waals surface area (Å²) in [6, 6.07) is -2.87. The van der Waals surface area contributed by atoms with E-state index in [1.54, 1.807) is 23.7 Å². The molecule has 0 saturated heterocycles. The number of pyridine rings is 1. The number of aromatic nitrogens is 4. The molecule has 3 aromatic rings. The Bertz CT molecular complexity index is 1340. The lowest BCUT2D eigenvalue weighted by molar-refractivity contribution is -0.179. The number of methoxy groups -OCH3 is 2. The van der Waals surface area contributed by atoms with Crippen molar-refractivity contribution in [3.8, 4) is 22.9 Å². The van der Waals surface area contributed by atoms with Gasteiger partial charge in [-0.3, -0.25) is 4.98 Å². The topological polar surface area (TPSA) is 93.9 Å². The van der Waals surface area contributed by atoms with Crippen LogP contribution in [-0.4, -0.2) is 69.7 Å². The van der Waals surface area contributed by atoms with Crippen LogP contribution in [0.3, 0.4) is 0 Å². The molecule has 0 aliphatic heterocycles. The second kappa shape index (κ2) is 11.8. The van der Waals surface area contributed by atoms with Gasteiger partial charge in [-0.2, -0.15) is 13.2 Å². The summed E-state index contributed by atoms with van der Waals surface area (Å²) in [6.45, 7) is 2.88. The molecule has 1 aliphatic carbocycles. The van der Waals surface area contributed by atoms with Crippen molar-refractivity contribution in [2.45, 2.75) is 64.2 Å². The Hall–Kier alpha value is -3.71. The maximum atomic E-state index is 14.6. The standard InChI is InChI=1S/C26H31F5N6O3/c1-5-37(25(38)35-17(15-6-7-15)8-9-21(27)28)22(26(29,30)31)18-10-16(20(39-3)11-32-18)19-13-36-12-14(2)33-23(36)24(34-19)40-4/h10-13,15,17,21-22H,5-9H2,1-4H3,(H,35,38). The molecule has 1 aliphatic rings. The molecule has 40 heavy (non-hydrogen) atoms. The van der Waals surface area contributed by atoms with Gasteiger partial charge in [-0.05, 0) is 45.1 Å². The summed E-state index contributed by atoms with van der Waals surface area (Å²) >= 11 is 0. The summed E-state index contributed by atoms with van der Waals surface area (Å²) in [5.74, 6) is 0.283. The molecule has 0 spiro atoms. The second-order valence-corrected chi connectivity index (χ2v) is 9.65. The number of carbonyl (C=O) groups excluding carboxylic acids is 1. The molecule has 9 nitrogen and oxygen atoms in total. The van der Waals surface area contributed by atoms with Crippen molar-refractivity contribution in [2.24, 2.45) is 5.92 Å². The van der Waals surface area contributed by atoms with E-state index in [1.807, 2.05) is 0 Å². The predicted octanol–water partition coefficient (Wildman–Crippen LogP) is 5.58. The van der Waals surface area contributed by atoms with Crippen molar-refractivity contribution in [1.29, 1.82) is 0 Å². The van der Waals surface area contributed by atoms with Gasteiger partial charge >= 0.3 is 12.2 Å². The highest BCUT2D eigenvalue weighted by Crippen LogP contribution is 2.41. The minimum atomic E-state index is -4.90. The van der Waals surface area contributed by atoms with Crippen LogP contribution in [0.5, 0.6) is 11.6 Å². The van der Waals surface area contributed by atoms with E-state index < -0.39 is 42.8 Å². The van der Waals surface area contributed by atoms with Gasteiger partial charge in [0.05, 0.1) is 37.5 Å². The van der Waals surface area contributed by atoms with Crippen LogP contribution in [0, 0.1) is 12.8 Å². The van der Waals surface area contributed by atoms with Gasteiger partial charge in [0.15, 0.2) is 6.04 Å². The van der Waals surface area contributed by atoms with Crippen molar-refractivity contribution in [3.63, 3.8) is 0 Å². The summed E-state index contributed by atoms with van der Waals surface area (Å²) in [5, 5.41) is 2.58.